The van der Waals surface area contributed by atoms with Crippen LogP contribution in [0.2, 0.25) is 10.0 Å². The lowest BCUT2D eigenvalue weighted by molar-refractivity contribution is 0.0803. The van der Waals surface area contributed by atoms with Gasteiger partial charge in [-0.1, -0.05) is 83.9 Å². The van der Waals surface area contributed by atoms with Crippen molar-refractivity contribution in [2.75, 3.05) is 25.5 Å². The molecule has 0 aromatic heterocycles. The monoisotopic (exact) mass is 514 g/mol. The number of benzene rings is 3. The Morgan fingerprint density at radius 1 is 0.886 bits per heavy atom. The lowest BCUT2D eigenvalue weighted by Gasteiger charge is -2.31. The molecule has 0 saturated heterocycles. The molecule has 0 spiro atoms. The molecule has 188 valence electrons. The summed E-state index contributed by atoms with van der Waals surface area (Å²) in [6.07, 6.45) is 3.32. The first kappa shape index (κ1) is 27.5. The highest BCUT2D eigenvalue weighted by Gasteiger charge is 2.20. The number of anilines is 1. The first-order valence-electron chi connectivity index (χ1n) is 12.3. The molecule has 0 heterocycles. The van der Waals surface area contributed by atoms with E-state index in [9.17, 15) is 5.11 Å². The van der Waals surface area contributed by atoms with Crippen LogP contribution in [0.4, 0.5) is 5.69 Å². The molecular formula is C29H36Cl2N2O2. The Labute approximate surface area is 219 Å². The fourth-order valence-corrected chi connectivity index (χ4v) is 4.61. The number of unbranched alkanes of at least 4 members (excludes halogenated alkanes) is 1. The second-order valence-corrected chi connectivity index (χ2v) is 9.84. The quantitative estimate of drug-likeness (QED) is 0.181. The standard InChI is InChI=1S/C29H36Cl2N2O2/c1-22(10-8-9-16-35-17-15-23-11-4-2-5-12-23)33(20-24-13-6-3-7-14-24)21-28(34)25-18-26(30)29(32)27(31)19-25/h2-7,11-14,18-19,22,28,34H,8-10,15-17,20-21,32H2,1H3. The van der Waals surface area contributed by atoms with Crippen molar-refractivity contribution in [3.05, 3.63) is 99.5 Å². The molecule has 3 rings (SSSR count). The fourth-order valence-electron chi connectivity index (χ4n) is 4.11. The number of nitrogens with two attached hydrogens (primary N) is 1. The topological polar surface area (TPSA) is 58.7 Å². The molecule has 4 nitrogen and oxygen atoms in total. The highest BCUT2D eigenvalue weighted by Crippen LogP contribution is 2.32. The third-order valence-corrected chi connectivity index (χ3v) is 6.91. The molecule has 2 unspecified atom stereocenters. The Balaban J connectivity index is 1.50. The minimum absolute atomic E-state index is 0.286. The molecule has 0 fully saturated rings. The van der Waals surface area contributed by atoms with Crippen molar-refractivity contribution in [3.8, 4) is 0 Å². The van der Waals surface area contributed by atoms with E-state index in [1.54, 1.807) is 12.1 Å². The molecule has 0 radical (unpaired) electrons. The van der Waals surface area contributed by atoms with Gasteiger partial charge in [-0.3, -0.25) is 4.90 Å². The van der Waals surface area contributed by atoms with E-state index in [1.165, 1.54) is 11.1 Å². The van der Waals surface area contributed by atoms with E-state index in [2.05, 4.69) is 48.2 Å². The summed E-state index contributed by atoms with van der Waals surface area (Å²) in [6.45, 7) is 4.96. The molecule has 0 aliphatic rings. The Hall–Kier alpha value is -2.08. The fraction of sp³-hybridized carbons (Fsp3) is 0.379. The minimum atomic E-state index is -0.724. The number of hydrogen-bond donors (Lipinski definition) is 2. The molecule has 0 aliphatic carbocycles. The van der Waals surface area contributed by atoms with Gasteiger partial charge in [0.25, 0.3) is 0 Å². The van der Waals surface area contributed by atoms with Gasteiger partial charge < -0.3 is 15.6 Å². The van der Waals surface area contributed by atoms with Crippen LogP contribution in [0.3, 0.4) is 0 Å². The molecule has 6 heteroatoms. The predicted molar refractivity (Wildman–Crippen MR) is 147 cm³/mol. The number of aliphatic hydroxyl groups excluding tert-OH is 1. The summed E-state index contributed by atoms with van der Waals surface area (Å²) >= 11 is 12.4. The van der Waals surface area contributed by atoms with Crippen LogP contribution >= 0.6 is 23.2 Å². The largest absolute Gasteiger partial charge is 0.396 e. The second-order valence-electron chi connectivity index (χ2n) is 9.02. The lowest BCUT2D eigenvalue weighted by atomic mass is 10.0. The van der Waals surface area contributed by atoms with Gasteiger partial charge in [0.15, 0.2) is 0 Å². The minimum Gasteiger partial charge on any atom is -0.396 e. The summed E-state index contributed by atoms with van der Waals surface area (Å²) < 4.78 is 5.84. The molecule has 3 aromatic rings. The van der Waals surface area contributed by atoms with Crippen molar-refractivity contribution < 1.29 is 9.84 Å². The third kappa shape index (κ3) is 9.14. The second kappa shape index (κ2) is 14.5. The van der Waals surface area contributed by atoms with Crippen LogP contribution in [0.15, 0.2) is 72.8 Å². The van der Waals surface area contributed by atoms with Crippen LogP contribution in [0, 0.1) is 0 Å². The molecule has 0 amide bonds. The zero-order valence-electron chi connectivity index (χ0n) is 20.4. The number of halogens is 2. The average Bonchev–Trinajstić information content (AvgIpc) is 2.87. The van der Waals surface area contributed by atoms with Gasteiger partial charge in [0, 0.05) is 25.7 Å². The first-order valence-corrected chi connectivity index (χ1v) is 13.0. The molecule has 3 aromatic carbocycles. The zero-order valence-corrected chi connectivity index (χ0v) is 21.9. The molecule has 0 bridgehead atoms. The predicted octanol–water partition coefficient (Wildman–Crippen LogP) is 6.93. The van der Waals surface area contributed by atoms with Gasteiger partial charge >= 0.3 is 0 Å². The molecule has 2 atom stereocenters. The molecule has 0 aliphatic heterocycles. The smallest absolute Gasteiger partial charge is 0.0918 e. The maximum absolute atomic E-state index is 11.0. The van der Waals surface area contributed by atoms with Gasteiger partial charge in [0.1, 0.15) is 0 Å². The molecular weight excluding hydrogens is 479 g/mol. The summed E-state index contributed by atoms with van der Waals surface area (Å²) in [5.41, 5.74) is 9.39. The summed E-state index contributed by atoms with van der Waals surface area (Å²) in [5.74, 6) is 0. The normalized spacial score (nSPS) is 13.2. The molecule has 35 heavy (non-hydrogen) atoms. The average molecular weight is 516 g/mol. The highest BCUT2D eigenvalue weighted by molar-refractivity contribution is 6.38. The van der Waals surface area contributed by atoms with Crippen LogP contribution in [-0.2, 0) is 17.7 Å². The lowest BCUT2D eigenvalue weighted by Crippen LogP contribution is -2.36. The van der Waals surface area contributed by atoms with E-state index in [-0.39, 0.29) is 6.04 Å². The van der Waals surface area contributed by atoms with Crippen molar-refractivity contribution in [1.82, 2.24) is 4.90 Å². The van der Waals surface area contributed by atoms with Crippen molar-refractivity contribution >= 4 is 28.9 Å². The van der Waals surface area contributed by atoms with Crippen LogP contribution in [-0.4, -0.2) is 35.8 Å². The number of ether oxygens (including phenoxy) is 1. The summed E-state index contributed by atoms with van der Waals surface area (Å²) in [4.78, 5) is 2.31. The number of nitrogens with zero attached hydrogens (tertiary/aromatic N) is 1. The van der Waals surface area contributed by atoms with Crippen molar-refractivity contribution in [1.29, 1.82) is 0 Å². The van der Waals surface area contributed by atoms with E-state index in [1.807, 2.05) is 24.3 Å². The van der Waals surface area contributed by atoms with Crippen LogP contribution in [0.25, 0.3) is 0 Å². The Bertz CT molecular complexity index is 995. The summed E-state index contributed by atoms with van der Waals surface area (Å²) in [7, 11) is 0. The van der Waals surface area contributed by atoms with E-state index in [4.69, 9.17) is 33.7 Å². The molecule has 0 saturated carbocycles. The maximum atomic E-state index is 11.0. The van der Waals surface area contributed by atoms with Crippen molar-refractivity contribution in [2.24, 2.45) is 0 Å². The Morgan fingerprint density at radius 2 is 1.49 bits per heavy atom. The van der Waals surface area contributed by atoms with Crippen molar-refractivity contribution in [3.63, 3.8) is 0 Å². The SMILES string of the molecule is CC(CCCCOCCc1ccccc1)N(Cc1ccccc1)CC(O)c1cc(Cl)c(N)c(Cl)c1. The van der Waals surface area contributed by atoms with Crippen LogP contribution in [0.1, 0.15) is 49.0 Å². The number of hydrogen-bond acceptors (Lipinski definition) is 4. The van der Waals surface area contributed by atoms with E-state index in [0.717, 1.165) is 45.4 Å². The van der Waals surface area contributed by atoms with Gasteiger partial charge in [-0.05, 0) is 61.4 Å². The maximum Gasteiger partial charge on any atom is 0.0918 e. The van der Waals surface area contributed by atoms with Gasteiger partial charge in [-0.15, -0.1) is 0 Å². The first-order chi connectivity index (χ1) is 16.9. The number of rotatable bonds is 14. The summed E-state index contributed by atoms with van der Waals surface area (Å²) in [5, 5.41) is 11.7. The number of aliphatic hydroxyl groups is 1. The highest BCUT2D eigenvalue weighted by atomic mass is 35.5. The Kier molecular flexibility index (Phi) is 11.4. The van der Waals surface area contributed by atoms with E-state index in [0.29, 0.717) is 27.8 Å². The summed E-state index contributed by atoms with van der Waals surface area (Å²) in [6, 6.07) is 24.4. The Morgan fingerprint density at radius 3 is 2.11 bits per heavy atom. The van der Waals surface area contributed by atoms with Gasteiger partial charge in [0.2, 0.25) is 0 Å². The molecule has 3 N–H and O–H groups in total. The van der Waals surface area contributed by atoms with Gasteiger partial charge in [0.05, 0.1) is 28.4 Å². The van der Waals surface area contributed by atoms with Crippen molar-refractivity contribution in [2.45, 2.75) is 51.3 Å². The zero-order chi connectivity index (χ0) is 25.0. The van der Waals surface area contributed by atoms with E-state index < -0.39 is 6.10 Å². The van der Waals surface area contributed by atoms with Crippen LogP contribution < -0.4 is 5.73 Å². The van der Waals surface area contributed by atoms with Gasteiger partial charge in [-0.2, -0.15) is 0 Å². The van der Waals surface area contributed by atoms with E-state index >= 15 is 0 Å². The third-order valence-electron chi connectivity index (χ3n) is 6.28. The van der Waals surface area contributed by atoms with Crippen LogP contribution in [0.5, 0.6) is 0 Å². The number of nitrogen functional groups attached to an aromatic ring is 1. The van der Waals surface area contributed by atoms with Gasteiger partial charge in [-0.25, -0.2) is 0 Å².